The largest absolute Gasteiger partial charge is 0.393 e. The predicted octanol–water partition coefficient (Wildman–Crippen LogP) is 3.92. The highest BCUT2D eigenvalue weighted by Gasteiger charge is 2.36. The number of hydrogen-bond acceptors (Lipinski definition) is 5. The Morgan fingerprint density at radius 3 is 2.50 bits per heavy atom. The van der Waals surface area contributed by atoms with Crippen LogP contribution in [0, 0.1) is 17.8 Å². The van der Waals surface area contributed by atoms with Gasteiger partial charge in [-0.15, -0.1) is 0 Å². The van der Waals surface area contributed by atoms with E-state index in [4.69, 9.17) is 16.4 Å². The number of halogens is 1. The van der Waals surface area contributed by atoms with Gasteiger partial charge in [-0.2, -0.15) is 0 Å². The first-order valence-electron chi connectivity index (χ1n) is 9.79. The molecule has 1 saturated carbocycles. The van der Waals surface area contributed by atoms with E-state index in [0.717, 1.165) is 17.7 Å². The van der Waals surface area contributed by atoms with E-state index >= 15 is 0 Å². The number of carbonyl (C=O) groups excluding carboxylic acids is 2. The second-order valence-corrected chi connectivity index (χ2v) is 7.94. The number of carbonyl (C=O) groups is 2. The maximum Gasteiger partial charge on any atom is 0.261 e. The molecule has 1 aromatic heterocycles. The lowest BCUT2D eigenvalue weighted by Gasteiger charge is -2.16. The summed E-state index contributed by atoms with van der Waals surface area (Å²) in [6, 6.07) is 8.44. The summed E-state index contributed by atoms with van der Waals surface area (Å²) >= 11 is 6.46. The summed E-state index contributed by atoms with van der Waals surface area (Å²) in [6.07, 6.45) is 3.69. The molecule has 0 N–H and O–H groups in total. The van der Waals surface area contributed by atoms with Crippen LogP contribution in [-0.2, 0) is 4.84 Å². The van der Waals surface area contributed by atoms with Crippen molar-refractivity contribution in [1.82, 2.24) is 9.88 Å². The maximum absolute atomic E-state index is 12.7. The van der Waals surface area contributed by atoms with Gasteiger partial charge in [-0.05, 0) is 44.9 Å². The van der Waals surface area contributed by atoms with Crippen molar-refractivity contribution >= 4 is 29.1 Å². The molecule has 30 heavy (non-hydrogen) atoms. The molecule has 0 radical (unpaired) electrons. The van der Waals surface area contributed by atoms with E-state index in [1.165, 1.54) is 0 Å². The van der Waals surface area contributed by atoms with E-state index < -0.39 is 0 Å². The Morgan fingerprint density at radius 2 is 1.93 bits per heavy atom. The number of pyridine rings is 1. The number of oxime groups is 1. The maximum atomic E-state index is 12.7. The van der Waals surface area contributed by atoms with Crippen molar-refractivity contribution in [2.24, 2.45) is 11.1 Å². The second-order valence-electron chi connectivity index (χ2n) is 7.53. The van der Waals surface area contributed by atoms with Crippen molar-refractivity contribution in [2.75, 3.05) is 6.54 Å². The Hall–Kier alpha value is -3.17. The van der Waals surface area contributed by atoms with Gasteiger partial charge in [0.1, 0.15) is 17.5 Å². The minimum absolute atomic E-state index is 0.0983. The van der Waals surface area contributed by atoms with Crippen LogP contribution in [0.3, 0.4) is 0 Å². The summed E-state index contributed by atoms with van der Waals surface area (Å²) in [7, 11) is 0. The minimum Gasteiger partial charge on any atom is -0.393 e. The molecule has 1 aromatic carbocycles. The highest BCUT2D eigenvalue weighted by molar-refractivity contribution is 6.34. The normalized spacial score (nSPS) is 15.9. The quantitative estimate of drug-likeness (QED) is 0.317. The third-order valence-electron chi connectivity index (χ3n) is 4.67. The van der Waals surface area contributed by atoms with E-state index in [-0.39, 0.29) is 24.5 Å². The molecular weight excluding hydrogens is 402 g/mol. The molecule has 2 aromatic rings. The zero-order valence-electron chi connectivity index (χ0n) is 16.7. The number of aromatic nitrogens is 1. The smallest absolute Gasteiger partial charge is 0.261 e. The highest BCUT2D eigenvalue weighted by atomic mass is 35.5. The van der Waals surface area contributed by atoms with Gasteiger partial charge in [-0.3, -0.25) is 19.5 Å². The molecule has 0 atom stereocenters. The van der Waals surface area contributed by atoms with Gasteiger partial charge in [0.05, 0.1) is 22.7 Å². The van der Waals surface area contributed by atoms with Gasteiger partial charge in [-0.1, -0.05) is 40.7 Å². The lowest BCUT2D eigenvalue weighted by Crippen LogP contribution is -2.35. The zero-order chi connectivity index (χ0) is 21.3. The van der Waals surface area contributed by atoms with Crippen molar-refractivity contribution in [3.05, 3.63) is 63.9 Å². The average Bonchev–Trinajstić information content (AvgIpc) is 3.53. The SMILES string of the molecule is CC(C)O/N=C(\CN1C(=O)c2ccccc2C1=O)c1ncc(C#CC2CC2)cc1Cl. The van der Waals surface area contributed by atoms with Crippen LogP contribution < -0.4 is 0 Å². The molecule has 152 valence electrons. The fraction of sp³-hybridized carbons (Fsp3) is 0.304. The molecule has 0 saturated heterocycles. The first-order chi connectivity index (χ1) is 14.4. The van der Waals surface area contributed by atoms with Crippen LogP contribution >= 0.6 is 11.6 Å². The first-order valence-corrected chi connectivity index (χ1v) is 10.2. The molecule has 6 nitrogen and oxygen atoms in total. The van der Waals surface area contributed by atoms with E-state index in [9.17, 15) is 9.59 Å². The number of hydrogen-bond donors (Lipinski definition) is 0. The van der Waals surface area contributed by atoms with E-state index in [1.54, 1.807) is 36.5 Å². The standard InChI is InChI=1S/C23H20ClN3O3/c1-14(2)30-26-20(13-27-22(28)17-5-3-4-6-18(17)23(27)29)21-19(24)11-16(12-25-21)10-9-15-7-8-15/h3-6,11-12,14-15H,7-8,13H2,1-2H3/b26-20+. The van der Waals surface area contributed by atoms with Crippen LogP contribution in [0.4, 0.5) is 0 Å². The fourth-order valence-corrected chi connectivity index (χ4v) is 3.26. The molecule has 0 unspecified atom stereocenters. The summed E-state index contributed by atoms with van der Waals surface area (Å²) < 4.78 is 0. The van der Waals surface area contributed by atoms with Gasteiger partial charge >= 0.3 is 0 Å². The summed E-state index contributed by atoms with van der Waals surface area (Å²) in [4.78, 5) is 36.4. The lowest BCUT2D eigenvalue weighted by molar-refractivity contribution is 0.0668. The molecule has 1 fully saturated rings. The zero-order valence-corrected chi connectivity index (χ0v) is 17.4. The van der Waals surface area contributed by atoms with Crippen molar-refractivity contribution in [1.29, 1.82) is 0 Å². The Balaban J connectivity index is 1.63. The van der Waals surface area contributed by atoms with Crippen molar-refractivity contribution in [2.45, 2.75) is 32.8 Å². The average molecular weight is 422 g/mol. The van der Waals surface area contributed by atoms with Crippen LogP contribution in [-0.4, -0.2) is 40.1 Å². The molecule has 1 aliphatic heterocycles. The Morgan fingerprint density at radius 1 is 1.27 bits per heavy atom. The molecule has 0 spiro atoms. The fourth-order valence-electron chi connectivity index (χ4n) is 2.98. The minimum atomic E-state index is -0.379. The summed E-state index contributed by atoms with van der Waals surface area (Å²) in [6.45, 7) is 3.56. The Bertz CT molecular complexity index is 1080. The summed E-state index contributed by atoms with van der Waals surface area (Å²) in [5.74, 6) is 5.95. The molecule has 2 amide bonds. The van der Waals surface area contributed by atoms with Crippen molar-refractivity contribution in [3.63, 3.8) is 0 Å². The number of fused-ring (bicyclic) bond motifs is 1. The molecule has 0 bridgehead atoms. The number of imide groups is 1. The summed E-state index contributed by atoms with van der Waals surface area (Å²) in [5, 5.41) is 4.48. The number of rotatable bonds is 5. The molecule has 4 rings (SSSR count). The molecule has 7 heteroatoms. The van der Waals surface area contributed by atoms with Gasteiger partial charge < -0.3 is 4.84 Å². The van der Waals surface area contributed by atoms with E-state index in [0.29, 0.717) is 39.0 Å². The molecular formula is C23H20ClN3O3. The molecule has 2 aliphatic rings. The van der Waals surface area contributed by atoms with E-state index in [1.807, 2.05) is 13.8 Å². The number of benzene rings is 1. The molecule has 1 aliphatic carbocycles. The third kappa shape index (κ3) is 4.22. The van der Waals surface area contributed by atoms with Crippen LogP contribution in [0.2, 0.25) is 5.02 Å². The lowest BCUT2D eigenvalue weighted by atomic mass is 10.1. The van der Waals surface area contributed by atoms with Crippen LogP contribution in [0.5, 0.6) is 0 Å². The van der Waals surface area contributed by atoms with Gasteiger partial charge in [-0.25, -0.2) is 0 Å². The number of nitrogens with zero attached hydrogens (tertiary/aromatic N) is 3. The molecule has 2 heterocycles. The number of amides is 2. The van der Waals surface area contributed by atoms with Gasteiger partial charge in [0, 0.05) is 17.7 Å². The van der Waals surface area contributed by atoms with Gasteiger partial charge in [0.25, 0.3) is 11.8 Å². The first kappa shape index (κ1) is 20.1. The third-order valence-corrected chi connectivity index (χ3v) is 4.96. The Labute approximate surface area is 179 Å². The van der Waals surface area contributed by atoms with Crippen molar-refractivity contribution < 1.29 is 14.4 Å². The van der Waals surface area contributed by atoms with Crippen LogP contribution in [0.15, 0.2) is 41.7 Å². The summed E-state index contributed by atoms with van der Waals surface area (Å²) in [5.41, 5.74) is 2.10. The van der Waals surface area contributed by atoms with Crippen LogP contribution in [0.1, 0.15) is 58.7 Å². The Kier molecular flexibility index (Phi) is 5.56. The highest BCUT2D eigenvalue weighted by Crippen LogP contribution is 2.28. The monoisotopic (exact) mass is 421 g/mol. The van der Waals surface area contributed by atoms with Gasteiger partial charge in [0.15, 0.2) is 0 Å². The van der Waals surface area contributed by atoms with E-state index in [2.05, 4.69) is 22.0 Å². The predicted molar refractivity (Wildman–Crippen MR) is 113 cm³/mol. The van der Waals surface area contributed by atoms with Crippen LogP contribution in [0.25, 0.3) is 0 Å². The van der Waals surface area contributed by atoms with Gasteiger partial charge in [0.2, 0.25) is 0 Å². The topological polar surface area (TPSA) is 71.9 Å². The van der Waals surface area contributed by atoms with Crippen molar-refractivity contribution in [3.8, 4) is 11.8 Å². The second kappa shape index (κ2) is 8.29.